The Kier molecular flexibility index (Phi) is 8.75. The van der Waals surface area contributed by atoms with Crippen LogP contribution in [0.4, 0.5) is 0 Å². The van der Waals surface area contributed by atoms with Crippen LogP contribution in [-0.4, -0.2) is 49.6 Å². The second kappa shape index (κ2) is 10.3. The number of nitrogens with one attached hydrogen (secondary N) is 1. The first-order valence-electron chi connectivity index (χ1n) is 8.42. The lowest BCUT2D eigenvalue weighted by atomic mass is 10.1. The lowest BCUT2D eigenvalue weighted by Gasteiger charge is -2.22. The van der Waals surface area contributed by atoms with E-state index in [9.17, 15) is 9.59 Å². The Balaban J connectivity index is 3.02. The minimum Gasteiger partial charge on any atom is -0.493 e. The van der Waals surface area contributed by atoms with Gasteiger partial charge in [-0.05, 0) is 55.3 Å². The van der Waals surface area contributed by atoms with Crippen molar-refractivity contribution in [3.63, 3.8) is 0 Å². The second-order valence-corrected chi connectivity index (χ2v) is 6.73. The van der Waals surface area contributed by atoms with Gasteiger partial charge >= 0.3 is 0 Å². The number of carbonyl (C=O) groups excluding carboxylic acids is 2. The van der Waals surface area contributed by atoms with Crippen molar-refractivity contribution in [2.45, 2.75) is 40.2 Å². The van der Waals surface area contributed by atoms with Crippen LogP contribution < -0.4 is 14.8 Å². The highest BCUT2D eigenvalue weighted by Gasteiger charge is 2.21. The standard InChI is InChI=1S/C18H27BrN2O4/c1-6-8-25-17-14(19)9-13(10-15(17)24-5)18(23)21(7-2)11-16(22)20-12(3)4/h9-10,12H,6-8,11H2,1-5H3,(H,20,22). The van der Waals surface area contributed by atoms with Gasteiger partial charge in [-0.1, -0.05) is 6.92 Å². The van der Waals surface area contributed by atoms with Gasteiger partial charge in [-0.3, -0.25) is 9.59 Å². The summed E-state index contributed by atoms with van der Waals surface area (Å²) >= 11 is 3.44. The van der Waals surface area contributed by atoms with E-state index in [-0.39, 0.29) is 24.4 Å². The third-order valence-electron chi connectivity index (χ3n) is 3.38. The minimum absolute atomic E-state index is 0.0154. The van der Waals surface area contributed by atoms with Gasteiger partial charge in [0.15, 0.2) is 11.5 Å². The molecule has 0 aliphatic heterocycles. The normalized spacial score (nSPS) is 10.5. The van der Waals surface area contributed by atoms with E-state index in [2.05, 4.69) is 21.2 Å². The SMILES string of the molecule is CCCOc1c(Br)cc(C(=O)N(CC)CC(=O)NC(C)C)cc1OC. The highest BCUT2D eigenvalue weighted by molar-refractivity contribution is 9.10. The molecule has 0 aromatic heterocycles. The van der Waals surface area contributed by atoms with Crippen LogP contribution in [0.3, 0.4) is 0 Å². The van der Waals surface area contributed by atoms with E-state index in [0.29, 0.717) is 34.7 Å². The molecule has 1 aromatic rings. The van der Waals surface area contributed by atoms with E-state index in [4.69, 9.17) is 9.47 Å². The first-order valence-corrected chi connectivity index (χ1v) is 9.22. The molecule has 140 valence electrons. The molecule has 1 aromatic carbocycles. The number of amides is 2. The molecule has 25 heavy (non-hydrogen) atoms. The molecular formula is C18H27BrN2O4. The molecule has 0 spiro atoms. The van der Waals surface area contributed by atoms with E-state index in [0.717, 1.165) is 6.42 Å². The molecule has 1 N–H and O–H groups in total. The molecule has 6 nitrogen and oxygen atoms in total. The van der Waals surface area contributed by atoms with Gasteiger partial charge in [-0.2, -0.15) is 0 Å². The predicted octanol–water partition coefficient (Wildman–Crippen LogP) is 3.23. The third-order valence-corrected chi connectivity index (χ3v) is 3.97. The number of rotatable bonds is 9. The molecule has 0 bridgehead atoms. The van der Waals surface area contributed by atoms with Crippen molar-refractivity contribution in [1.82, 2.24) is 10.2 Å². The monoisotopic (exact) mass is 414 g/mol. The quantitative estimate of drug-likeness (QED) is 0.673. The molecule has 0 radical (unpaired) electrons. The summed E-state index contributed by atoms with van der Waals surface area (Å²) < 4.78 is 11.7. The minimum atomic E-state index is -0.234. The number of benzene rings is 1. The smallest absolute Gasteiger partial charge is 0.254 e. The van der Waals surface area contributed by atoms with E-state index in [1.54, 1.807) is 12.1 Å². The van der Waals surface area contributed by atoms with Gasteiger partial charge in [-0.25, -0.2) is 0 Å². The number of nitrogens with zero attached hydrogens (tertiary/aromatic N) is 1. The Morgan fingerprint density at radius 3 is 2.48 bits per heavy atom. The molecule has 7 heteroatoms. The maximum Gasteiger partial charge on any atom is 0.254 e. The molecule has 0 heterocycles. The summed E-state index contributed by atoms with van der Waals surface area (Å²) in [4.78, 5) is 26.2. The summed E-state index contributed by atoms with van der Waals surface area (Å²) in [5.41, 5.74) is 0.437. The summed E-state index contributed by atoms with van der Waals surface area (Å²) in [7, 11) is 1.53. The fourth-order valence-corrected chi connectivity index (χ4v) is 2.79. The Labute approximate surface area is 158 Å². The van der Waals surface area contributed by atoms with Crippen LogP contribution in [0.25, 0.3) is 0 Å². The van der Waals surface area contributed by atoms with Gasteiger partial charge in [0.1, 0.15) is 0 Å². The zero-order valence-corrected chi connectivity index (χ0v) is 17.1. The summed E-state index contributed by atoms with van der Waals surface area (Å²) in [6, 6.07) is 3.37. The summed E-state index contributed by atoms with van der Waals surface area (Å²) in [6.45, 7) is 8.61. The average Bonchev–Trinajstić information content (AvgIpc) is 2.56. The van der Waals surface area contributed by atoms with Crippen molar-refractivity contribution < 1.29 is 19.1 Å². The lowest BCUT2D eigenvalue weighted by Crippen LogP contribution is -2.42. The van der Waals surface area contributed by atoms with E-state index in [1.165, 1.54) is 12.0 Å². The van der Waals surface area contributed by atoms with Gasteiger partial charge < -0.3 is 19.7 Å². The predicted molar refractivity (Wildman–Crippen MR) is 101 cm³/mol. The highest BCUT2D eigenvalue weighted by Crippen LogP contribution is 2.37. The van der Waals surface area contributed by atoms with E-state index in [1.807, 2.05) is 27.7 Å². The molecule has 0 aliphatic carbocycles. The Bertz CT molecular complexity index is 605. The van der Waals surface area contributed by atoms with E-state index >= 15 is 0 Å². The van der Waals surface area contributed by atoms with Gasteiger partial charge in [0.2, 0.25) is 5.91 Å². The molecular weight excluding hydrogens is 388 g/mol. The van der Waals surface area contributed by atoms with Gasteiger partial charge in [0.05, 0.1) is 24.7 Å². The van der Waals surface area contributed by atoms with Crippen LogP contribution in [-0.2, 0) is 4.79 Å². The fourth-order valence-electron chi connectivity index (χ4n) is 2.24. The number of ether oxygens (including phenoxy) is 2. The van der Waals surface area contributed by atoms with Crippen molar-refractivity contribution >= 4 is 27.7 Å². The average molecular weight is 415 g/mol. The maximum absolute atomic E-state index is 12.8. The van der Waals surface area contributed by atoms with Crippen molar-refractivity contribution in [3.05, 3.63) is 22.2 Å². The molecule has 2 amide bonds. The zero-order chi connectivity index (χ0) is 19.0. The van der Waals surface area contributed by atoms with Crippen molar-refractivity contribution in [2.75, 3.05) is 26.8 Å². The van der Waals surface area contributed by atoms with Gasteiger partial charge in [0.25, 0.3) is 5.91 Å². The highest BCUT2D eigenvalue weighted by atomic mass is 79.9. The number of hydrogen-bond acceptors (Lipinski definition) is 4. The van der Waals surface area contributed by atoms with E-state index < -0.39 is 0 Å². The number of methoxy groups -OCH3 is 1. The number of carbonyl (C=O) groups is 2. The third kappa shape index (κ3) is 6.23. The van der Waals surface area contributed by atoms with Crippen LogP contribution in [0.15, 0.2) is 16.6 Å². The Morgan fingerprint density at radius 2 is 1.96 bits per heavy atom. The zero-order valence-electron chi connectivity index (χ0n) is 15.5. The number of hydrogen-bond donors (Lipinski definition) is 1. The summed E-state index contributed by atoms with van der Waals surface area (Å²) in [5, 5.41) is 2.79. The number of likely N-dealkylation sites (N-methyl/N-ethyl adjacent to an activating group) is 1. The topological polar surface area (TPSA) is 67.9 Å². The largest absolute Gasteiger partial charge is 0.493 e. The van der Waals surface area contributed by atoms with Gasteiger partial charge in [-0.15, -0.1) is 0 Å². The summed E-state index contributed by atoms with van der Waals surface area (Å²) in [6.07, 6.45) is 0.866. The second-order valence-electron chi connectivity index (χ2n) is 5.88. The molecule has 0 fully saturated rings. The van der Waals surface area contributed by atoms with Crippen LogP contribution >= 0.6 is 15.9 Å². The molecule has 0 saturated heterocycles. The van der Waals surface area contributed by atoms with Crippen LogP contribution in [0, 0.1) is 0 Å². The molecule has 0 aliphatic rings. The number of halogens is 1. The van der Waals surface area contributed by atoms with Crippen LogP contribution in [0.2, 0.25) is 0 Å². The van der Waals surface area contributed by atoms with Crippen LogP contribution in [0.1, 0.15) is 44.5 Å². The lowest BCUT2D eigenvalue weighted by molar-refractivity contribution is -0.122. The van der Waals surface area contributed by atoms with Crippen molar-refractivity contribution in [1.29, 1.82) is 0 Å². The summed E-state index contributed by atoms with van der Waals surface area (Å²) in [5.74, 6) is 0.636. The van der Waals surface area contributed by atoms with Gasteiger partial charge in [0, 0.05) is 18.2 Å². The molecule has 0 unspecified atom stereocenters. The fraction of sp³-hybridized carbons (Fsp3) is 0.556. The molecule has 0 atom stereocenters. The Hall–Kier alpha value is -1.76. The molecule has 1 rings (SSSR count). The Morgan fingerprint density at radius 1 is 1.28 bits per heavy atom. The maximum atomic E-state index is 12.8. The van der Waals surface area contributed by atoms with Crippen molar-refractivity contribution in [2.24, 2.45) is 0 Å². The first kappa shape index (κ1) is 21.3. The first-order chi connectivity index (χ1) is 11.8. The van der Waals surface area contributed by atoms with Crippen molar-refractivity contribution in [3.8, 4) is 11.5 Å². The van der Waals surface area contributed by atoms with Crippen LogP contribution in [0.5, 0.6) is 11.5 Å². The molecule has 0 saturated carbocycles.